The quantitative estimate of drug-likeness (QED) is 0.232. The van der Waals surface area contributed by atoms with Gasteiger partial charge in [-0.25, -0.2) is 4.98 Å². The van der Waals surface area contributed by atoms with Crippen LogP contribution in [0.2, 0.25) is 0 Å². The predicted octanol–water partition coefficient (Wildman–Crippen LogP) is 4.15. The Morgan fingerprint density at radius 3 is 2.34 bits per heavy atom. The second-order valence-electron chi connectivity index (χ2n) is 14.2. The first-order valence-electron chi connectivity index (χ1n) is 16.8. The van der Waals surface area contributed by atoms with E-state index in [2.05, 4.69) is 15.6 Å². The molecule has 258 valence electrons. The van der Waals surface area contributed by atoms with E-state index in [9.17, 15) is 24.3 Å². The highest BCUT2D eigenvalue weighted by Crippen LogP contribution is 2.30. The van der Waals surface area contributed by atoms with Gasteiger partial charge in [-0.3, -0.25) is 24.1 Å². The molecule has 2 aromatic rings. The summed E-state index contributed by atoms with van der Waals surface area (Å²) in [5.41, 5.74) is 4.16. The van der Waals surface area contributed by atoms with Crippen LogP contribution in [0.5, 0.6) is 0 Å². The van der Waals surface area contributed by atoms with Crippen molar-refractivity contribution < 1.29 is 29.4 Å². The third-order valence-electron chi connectivity index (χ3n) is 9.39. The maximum Gasteiger partial charge on any atom is 0.317 e. The van der Waals surface area contributed by atoms with Crippen molar-refractivity contribution in [2.45, 2.75) is 104 Å². The molecule has 1 aromatic heterocycles. The summed E-state index contributed by atoms with van der Waals surface area (Å²) in [6, 6.07) is 5.96. The van der Waals surface area contributed by atoms with Gasteiger partial charge < -0.3 is 25.7 Å². The summed E-state index contributed by atoms with van der Waals surface area (Å²) in [4.78, 5) is 60.2. The number of likely N-dealkylation sites (tertiary alicyclic amines) is 2. The Morgan fingerprint density at radius 2 is 1.74 bits per heavy atom. The van der Waals surface area contributed by atoms with Gasteiger partial charge in [0, 0.05) is 19.4 Å². The summed E-state index contributed by atoms with van der Waals surface area (Å²) in [7, 11) is 0. The number of β-amino-alcohol motifs (C(OH)–C–C–N with tert-alkyl or cyclic N) is 1. The Labute approximate surface area is 282 Å². The van der Waals surface area contributed by atoms with Crippen molar-refractivity contribution in [3.8, 4) is 10.4 Å². The van der Waals surface area contributed by atoms with E-state index in [0.717, 1.165) is 60.5 Å². The van der Waals surface area contributed by atoms with Gasteiger partial charge in [0.1, 0.15) is 12.1 Å². The number of amides is 3. The topological polar surface area (TPSA) is 152 Å². The highest BCUT2D eigenvalue weighted by molar-refractivity contribution is 7.13. The van der Waals surface area contributed by atoms with E-state index in [1.54, 1.807) is 11.3 Å². The molecule has 0 unspecified atom stereocenters. The Hall–Kier alpha value is -3.35. The number of nitrogens with one attached hydrogen (secondary N) is 2. The van der Waals surface area contributed by atoms with E-state index in [1.165, 1.54) is 4.90 Å². The van der Waals surface area contributed by atoms with Crippen molar-refractivity contribution in [2.24, 2.45) is 11.3 Å². The molecule has 0 radical (unpaired) electrons. The number of piperidine rings is 1. The second-order valence-corrected chi connectivity index (χ2v) is 15.1. The summed E-state index contributed by atoms with van der Waals surface area (Å²) in [5, 5.41) is 25.5. The molecule has 0 aliphatic carbocycles. The number of carbonyl (C=O) groups is 4. The smallest absolute Gasteiger partial charge is 0.317 e. The highest BCUT2D eigenvalue weighted by atomic mass is 32.1. The van der Waals surface area contributed by atoms with E-state index < -0.39 is 29.6 Å². The zero-order valence-corrected chi connectivity index (χ0v) is 29.1. The lowest BCUT2D eigenvalue weighted by atomic mass is 9.85. The molecular weight excluding hydrogens is 618 g/mol. The summed E-state index contributed by atoms with van der Waals surface area (Å²) in [6.07, 6.45) is 4.10. The van der Waals surface area contributed by atoms with E-state index in [4.69, 9.17) is 5.11 Å². The van der Waals surface area contributed by atoms with Gasteiger partial charge >= 0.3 is 5.97 Å². The van der Waals surface area contributed by atoms with Crippen molar-refractivity contribution in [2.75, 3.05) is 26.2 Å². The van der Waals surface area contributed by atoms with Crippen molar-refractivity contribution in [3.05, 3.63) is 41.0 Å². The molecule has 3 amide bonds. The lowest BCUT2D eigenvalue weighted by molar-refractivity contribution is -0.144. The lowest BCUT2D eigenvalue weighted by Gasteiger charge is -2.35. The van der Waals surface area contributed by atoms with Gasteiger partial charge in [-0.15, -0.1) is 11.3 Å². The fourth-order valence-corrected chi connectivity index (χ4v) is 7.40. The number of aliphatic hydroxyl groups excluding tert-OH is 1. The van der Waals surface area contributed by atoms with Gasteiger partial charge in [-0.1, -0.05) is 57.9 Å². The van der Waals surface area contributed by atoms with Crippen molar-refractivity contribution in [3.63, 3.8) is 0 Å². The first-order valence-corrected chi connectivity index (χ1v) is 17.6. The number of aliphatic hydroxyl groups is 1. The molecule has 11 nitrogen and oxygen atoms in total. The maximum atomic E-state index is 13.9. The number of nitrogens with zero attached hydrogens (tertiary/aromatic N) is 3. The third kappa shape index (κ3) is 10.1. The van der Waals surface area contributed by atoms with Gasteiger partial charge in [0.2, 0.25) is 17.7 Å². The SMILES string of the molecule is Cc1ncsc1-c1ccc([C@H](C)NC(=O)[C@@H]2C[C@@H](O)CN2C(=O)[C@@H](NC(=O)CCCCC2CCN(CC(=O)O)CC2)C(C)(C)C)cc1. The van der Waals surface area contributed by atoms with Crippen LogP contribution in [0.4, 0.5) is 0 Å². The average Bonchev–Trinajstić information content (AvgIpc) is 3.63. The van der Waals surface area contributed by atoms with E-state index in [1.807, 2.05) is 69.3 Å². The molecule has 2 fully saturated rings. The molecule has 1 aromatic carbocycles. The molecule has 0 spiro atoms. The zero-order valence-electron chi connectivity index (χ0n) is 28.3. The van der Waals surface area contributed by atoms with Crippen LogP contribution in [0.15, 0.2) is 29.8 Å². The largest absolute Gasteiger partial charge is 0.480 e. The number of aryl methyl sites for hydroxylation is 1. The van der Waals surface area contributed by atoms with Crippen LogP contribution >= 0.6 is 11.3 Å². The molecule has 4 N–H and O–H groups in total. The van der Waals surface area contributed by atoms with Crippen molar-refractivity contribution in [1.82, 2.24) is 25.4 Å². The number of hydrogen-bond donors (Lipinski definition) is 4. The van der Waals surface area contributed by atoms with Gasteiger partial charge in [-0.05, 0) is 68.7 Å². The van der Waals surface area contributed by atoms with Crippen LogP contribution in [-0.2, 0) is 19.2 Å². The Morgan fingerprint density at radius 1 is 1.06 bits per heavy atom. The van der Waals surface area contributed by atoms with Gasteiger partial charge in [0.15, 0.2) is 0 Å². The van der Waals surface area contributed by atoms with Gasteiger partial charge in [-0.2, -0.15) is 0 Å². The predicted molar refractivity (Wildman–Crippen MR) is 182 cm³/mol. The number of aliphatic carboxylic acids is 1. The van der Waals surface area contributed by atoms with E-state index in [-0.39, 0.29) is 43.3 Å². The lowest BCUT2D eigenvalue weighted by Crippen LogP contribution is -2.57. The molecule has 12 heteroatoms. The minimum Gasteiger partial charge on any atom is -0.480 e. The third-order valence-corrected chi connectivity index (χ3v) is 10.4. The second kappa shape index (κ2) is 16.2. The number of aromatic nitrogens is 1. The van der Waals surface area contributed by atoms with Crippen molar-refractivity contribution in [1.29, 1.82) is 0 Å². The monoisotopic (exact) mass is 669 g/mol. The van der Waals surface area contributed by atoms with Crippen LogP contribution < -0.4 is 10.6 Å². The molecule has 2 aliphatic rings. The number of benzene rings is 1. The van der Waals surface area contributed by atoms with Gasteiger partial charge in [0.05, 0.1) is 34.8 Å². The number of unbranched alkanes of at least 4 members (excludes halogenated alkanes) is 1. The summed E-state index contributed by atoms with van der Waals surface area (Å²) in [5.74, 6) is -1.17. The summed E-state index contributed by atoms with van der Waals surface area (Å²) in [6.45, 7) is 11.2. The molecule has 0 saturated carbocycles. The molecule has 3 heterocycles. The summed E-state index contributed by atoms with van der Waals surface area (Å²) < 4.78 is 0. The fourth-order valence-electron chi connectivity index (χ4n) is 6.59. The molecule has 2 aliphatic heterocycles. The fraction of sp³-hybridized carbons (Fsp3) is 0.629. The Bertz CT molecular complexity index is 1380. The van der Waals surface area contributed by atoms with Crippen LogP contribution in [0.25, 0.3) is 10.4 Å². The Kier molecular flexibility index (Phi) is 12.5. The molecule has 4 atom stereocenters. The van der Waals surface area contributed by atoms with Gasteiger partial charge in [0.25, 0.3) is 0 Å². The van der Waals surface area contributed by atoms with Crippen LogP contribution in [0, 0.1) is 18.3 Å². The van der Waals surface area contributed by atoms with Crippen LogP contribution in [0.3, 0.4) is 0 Å². The minimum absolute atomic E-state index is 0.0297. The molecule has 0 bridgehead atoms. The molecular formula is C35H51N5O6S. The molecule has 4 rings (SSSR count). The first-order chi connectivity index (χ1) is 22.2. The zero-order chi connectivity index (χ0) is 34.3. The number of carboxylic acid groups (broad SMARTS) is 1. The van der Waals surface area contributed by atoms with Crippen LogP contribution in [-0.4, -0.2) is 93.1 Å². The maximum absolute atomic E-state index is 13.9. The number of carbonyl (C=O) groups excluding carboxylic acids is 3. The average molecular weight is 670 g/mol. The molecule has 2 saturated heterocycles. The molecule has 47 heavy (non-hydrogen) atoms. The van der Waals surface area contributed by atoms with E-state index in [0.29, 0.717) is 18.8 Å². The number of carboxylic acids is 1. The normalized spacial score (nSPS) is 20.5. The Balaban J connectivity index is 1.29. The standard InChI is InChI=1S/C35H51N5O6S/c1-22(25-10-12-26(13-11-25)31-23(2)36-21-47-31)37-33(45)28-18-27(41)19-40(28)34(46)32(35(3,4)5)38-29(42)9-7-6-8-24-14-16-39(17-15-24)20-30(43)44/h10-13,21-22,24,27-28,32,41H,6-9,14-20H2,1-5H3,(H,37,45)(H,38,42)(H,43,44)/t22-,27+,28-,32+/m0/s1. The first kappa shape index (κ1) is 36.5. The minimum atomic E-state index is -0.852. The van der Waals surface area contributed by atoms with Crippen molar-refractivity contribution >= 4 is 35.0 Å². The van der Waals surface area contributed by atoms with Crippen LogP contribution in [0.1, 0.15) is 89.9 Å². The number of thiazole rings is 1. The highest BCUT2D eigenvalue weighted by Gasteiger charge is 2.44. The number of hydrogen-bond acceptors (Lipinski definition) is 8. The van der Waals surface area contributed by atoms with E-state index >= 15 is 0 Å². The number of rotatable bonds is 13. The summed E-state index contributed by atoms with van der Waals surface area (Å²) >= 11 is 1.58.